The van der Waals surface area contributed by atoms with Gasteiger partial charge in [-0.05, 0) is 24.1 Å². The van der Waals surface area contributed by atoms with E-state index in [1.165, 1.54) is 5.56 Å². The second-order valence-corrected chi connectivity index (χ2v) is 5.97. The molecule has 1 atom stereocenters. The van der Waals surface area contributed by atoms with Crippen LogP contribution in [0.2, 0.25) is 5.02 Å². The lowest BCUT2D eigenvalue weighted by atomic mass is 10.0. The topological polar surface area (TPSA) is 33.6 Å². The van der Waals surface area contributed by atoms with Crippen LogP contribution in [0, 0.1) is 6.92 Å². The Kier molecular flexibility index (Phi) is 4.76. The Morgan fingerprint density at radius 2 is 1.95 bits per heavy atom. The molecule has 2 aromatic carbocycles. The third kappa shape index (κ3) is 3.67. The molecule has 0 saturated heterocycles. The molecule has 1 aliphatic rings. The summed E-state index contributed by atoms with van der Waals surface area (Å²) in [7, 11) is 0. The van der Waals surface area contributed by atoms with Gasteiger partial charge in [0, 0.05) is 24.5 Å². The Labute approximate surface area is 135 Å². The standard InChI is InChI=1S/C18H19ClN2O/c1-13-6-8-14(9-7-13)18-10-16(22-21-18)12-20-11-15-4-2-3-5-17(15)19/h2-9,16,20H,10-12H2,1H3. The second-order valence-electron chi connectivity index (χ2n) is 5.56. The SMILES string of the molecule is Cc1ccc(C2=NOC(CNCc3ccccc3Cl)C2)cc1. The molecule has 0 amide bonds. The normalized spacial score (nSPS) is 17.2. The van der Waals surface area contributed by atoms with Gasteiger partial charge < -0.3 is 10.2 Å². The fourth-order valence-electron chi connectivity index (χ4n) is 2.46. The largest absolute Gasteiger partial charge is 0.390 e. The number of benzene rings is 2. The van der Waals surface area contributed by atoms with Crippen LogP contribution in [0.1, 0.15) is 23.1 Å². The maximum absolute atomic E-state index is 6.14. The molecule has 0 fully saturated rings. The third-order valence-corrected chi connectivity index (χ3v) is 4.13. The van der Waals surface area contributed by atoms with Gasteiger partial charge in [0.1, 0.15) is 6.10 Å². The number of oxime groups is 1. The number of hydrogen-bond acceptors (Lipinski definition) is 3. The predicted octanol–water partition coefficient (Wildman–Crippen LogP) is 3.93. The summed E-state index contributed by atoms with van der Waals surface area (Å²) in [5.41, 5.74) is 4.51. The van der Waals surface area contributed by atoms with E-state index in [9.17, 15) is 0 Å². The lowest BCUT2D eigenvalue weighted by Gasteiger charge is -2.10. The number of nitrogens with one attached hydrogen (secondary N) is 1. The summed E-state index contributed by atoms with van der Waals surface area (Å²) in [6.07, 6.45) is 0.914. The molecule has 0 saturated carbocycles. The lowest BCUT2D eigenvalue weighted by molar-refractivity contribution is 0.0848. The van der Waals surface area contributed by atoms with Crippen molar-refractivity contribution in [2.75, 3.05) is 6.54 Å². The number of nitrogens with zero attached hydrogens (tertiary/aromatic N) is 1. The van der Waals surface area contributed by atoms with E-state index in [-0.39, 0.29) is 6.10 Å². The van der Waals surface area contributed by atoms with Gasteiger partial charge in [0.05, 0.1) is 5.71 Å². The molecule has 0 radical (unpaired) electrons. The average molecular weight is 315 g/mol. The Bertz CT molecular complexity index is 667. The highest BCUT2D eigenvalue weighted by molar-refractivity contribution is 6.31. The van der Waals surface area contributed by atoms with Crippen molar-refractivity contribution in [3.8, 4) is 0 Å². The highest BCUT2D eigenvalue weighted by Gasteiger charge is 2.21. The lowest BCUT2D eigenvalue weighted by Crippen LogP contribution is -2.26. The summed E-state index contributed by atoms with van der Waals surface area (Å²) in [4.78, 5) is 5.51. The number of aryl methyl sites for hydroxylation is 1. The van der Waals surface area contributed by atoms with Crippen LogP contribution >= 0.6 is 11.6 Å². The molecule has 1 unspecified atom stereocenters. The van der Waals surface area contributed by atoms with Crippen LogP contribution in [0.3, 0.4) is 0 Å². The molecule has 1 heterocycles. The van der Waals surface area contributed by atoms with E-state index in [1.54, 1.807) is 0 Å². The van der Waals surface area contributed by atoms with Gasteiger partial charge in [-0.2, -0.15) is 0 Å². The zero-order chi connectivity index (χ0) is 15.4. The molecular weight excluding hydrogens is 296 g/mol. The van der Waals surface area contributed by atoms with E-state index < -0.39 is 0 Å². The minimum Gasteiger partial charge on any atom is -0.390 e. The number of hydrogen-bond donors (Lipinski definition) is 1. The molecule has 0 spiro atoms. The number of halogens is 1. The van der Waals surface area contributed by atoms with Crippen LogP contribution in [0.5, 0.6) is 0 Å². The van der Waals surface area contributed by atoms with Crippen LogP contribution in [-0.4, -0.2) is 18.4 Å². The van der Waals surface area contributed by atoms with Gasteiger partial charge in [0.15, 0.2) is 0 Å². The van der Waals surface area contributed by atoms with E-state index in [0.29, 0.717) is 0 Å². The fraction of sp³-hybridized carbons (Fsp3) is 0.278. The average Bonchev–Trinajstić information content (AvgIpc) is 2.99. The first-order valence-corrected chi connectivity index (χ1v) is 7.84. The van der Waals surface area contributed by atoms with Crippen molar-refractivity contribution < 1.29 is 4.84 Å². The highest BCUT2D eigenvalue weighted by atomic mass is 35.5. The molecule has 2 aromatic rings. The minimum absolute atomic E-state index is 0.0822. The van der Waals surface area contributed by atoms with Crippen molar-refractivity contribution in [3.05, 3.63) is 70.2 Å². The van der Waals surface area contributed by atoms with Crippen molar-refractivity contribution in [1.82, 2.24) is 5.32 Å². The molecular formula is C18H19ClN2O. The van der Waals surface area contributed by atoms with Gasteiger partial charge >= 0.3 is 0 Å². The monoisotopic (exact) mass is 314 g/mol. The molecule has 114 valence electrons. The van der Waals surface area contributed by atoms with Crippen molar-refractivity contribution >= 4 is 17.3 Å². The third-order valence-electron chi connectivity index (χ3n) is 3.76. The maximum Gasteiger partial charge on any atom is 0.145 e. The molecule has 22 heavy (non-hydrogen) atoms. The summed E-state index contributed by atoms with van der Waals surface area (Å²) in [6.45, 7) is 3.57. The second kappa shape index (κ2) is 6.95. The van der Waals surface area contributed by atoms with E-state index in [4.69, 9.17) is 16.4 Å². The predicted molar refractivity (Wildman–Crippen MR) is 90.4 cm³/mol. The first-order chi connectivity index (χ1) is 10.7. The number of rotatable bonds is 5. The Balaban J connectivity index is 1.48. The van der Waals surface area contributed by atoms with E-state index in [1.807, 2.05) is 24.3 Å². The van der Waals surface area contributed by atoms with Crippen molar-refractivity contribution in [2.24, 2.45) is 5.16 Å². The van der Waals surface area contributed by atoms with Crippen molar-refractivity contribution in [3.63, 3.8) is 0 Å². The van der Waals surface area contributed by atoms with Crippen LogP contribution in [-0.2, 0) is 11.4 Å². The molecule has 4 heteroatoms. The molecule has 1 N–H and O–H groups in total. The first kappa shape index (κ1) is 15.1. The molecule has 0 aromatic heterocycles. The highest BCUT2D eigenvalue weighted by Crippen LogP contribution is 2.18. The van der Waals surface area contributed by atoms with E-state index >= 15 is 0 Å². The summed E-state index contributed by atoms with van der Waals surface area (Å²) in [5, 5.41) is 8.38. The first-order valence-electron chi connectivity index (χ1n) is 7.46. The van der Waals surface area contributed by atoms with Crippen LogP contribution < -0.4 is 5.32 Å². The van der Waals surface area contributed by atoms with Gasteiger partial charge in [0.2, 0.25) is 0 Å². The van der Waals surface area contributed by atoms with Crippen LogP contribution in [0.25, 0.3) is 0 Å². The van der Waals surface area contributed by atoms with Gasteiger partial charge in [-0.15, -0.1) is 0 Å². The zero-order valence-corrected chi connectivity index (χ0v) is 13.3. The molecule has 3 rings (SSSR count). The summed E-state index contributed by atoms with van der Waals surface area (Å²) in [6, 6.07) is 16.2. The quantitative estimate of drug-likeness (QED) is 0.907. The Morgan fingerprint density at radius 3 is 2.73 bits per heavy atom. The van der Waals surface area contributed by atoms with E-state index in [0.717, 1.165) is 41.4 Å². The van der Waals surface area contributed by atoms with Gasteiger partial charge in [-0.25, -0.2) is 0 Å². The van der Waals surface area contributed by atoms with Crippen molar-refractivity contribution in [2.45, 2.75) is 26.0 Å². The molecule has 0 bridgehead atoms. The molecule has 0 aliphatic carbocycles. The Morgan fingerprint density at radius 1 is 1.18 bits per heavy atom. The summed E-state index contributed by atoms with van der Waals surface area (Å²) >= 11 is 6.14. The van der Waals surface area contributed by atoms with E-state index in [2.05, 4.69) is 41.7 Å². The smallest absolute Gasteiger partial charge is 0.145 e. The fourth-order valence-corrected chi connectivity index (χ4v) is 2.67. The van der Waals surface area contributed by atoms with Crippen LogP contribution in [0.4, 0.5) is 0 Å². The van der Waals surface area contributed by atoms with Gasteiger partial charge in [0.25, 0.3) is 0 Å². The summed E-state index contributed by atoms with van der Waals surface area (Å²) < 4.78 is 0. The van der Waals surface area contributed by atoms with Crippen molar-refractivity contribution in [1.29, 1.82) is 0 Å². The Hall–Kier alpha value is -1.84. The minimum atomic E-state index is 0.0822. The van der Waals surface area contributed by atoms with Crippen LogP contribution in [0.15, 0.2) is 53.7 Å². The summed E-state index contributed by atoms with van der Waals surface area (Å²) in [5.74, 6) is 0. The zero-order valence-electron chi connectivity index (χ0n) is 12.6. The molecule has 1 aliphatic heterocycles. The van der Waals surface area contributed by atoms with Gasteiger partial charge in [-0.3, -0.25) is 0 Å². The molecule has 3 nitrogen and oxygen atoms in total. The maximum atomic E-state index is 6.14. The van der Waals surface area contributed by atoms with Gasteiger partial charge in [-0.1, -0.05) is 64.8 Å².